The molecule has 1 aromatic carbocycles. The minimum Gasteiger partial charge on any atom is -0.497 e. The Balaban J connectivity index is 1.35. The van der Waals surface area contributed by atoms with E-state index in [0.717, 1.165) is 35.4 Å². The summed E-state index contributed by atoms with van der Waals surface area (Å²) in [5.74, 6) is 1.51. The summed E-state index contributed by atoms with van der Waals surface area (Å²) in [5.41, 5.74) is 2.40. The van der Waals surface area contributed by atoms with Crippen molar-refractivity contribution < 1.29 is 13.9 Å². The molecule has 0 bridgehead atoms. The number of ether oxygens (including phenoxy) is 1. The van der Waals surface area contributed by atoms with E-state index in [-0.39, 0.29) is 12.3 Å². The van der Waals surface area contributed by atoms with Crippen molar-refractivity contribution in [2.75, 3.05) is 25.1 Å². The van der Waals surface area contributed by atoms with Gasteiger partial charge in [-0.2, -0.15) is 0 Å². The van der Waals surface area contributed by atoms with E-state index in [4.69, 9.17) is 9.15 Å². The normalized spacial score (nSPS) is 13.5. The number of anilines is 1. The number of hydrogen-bond donors (Lipinski definition) is 1. The molecule has 162 valence electrons. The maximum Gasteiger partial charge on any atom is 0.339 e. The van der Waals surface area contributed by atoms with Crippen molar-refractivity contribution in [2.24, 2.45) is 0 Å². The highest BCUT2D eigenvalue weighted by molar-refractivity contribution is 5.82. The fraction of sp³-hybridized carbons (Fsp3) is 0.375. The molecule has 0 radical (unpaired) electrons. The van der Waals surface area contributed by atoms with Crippen LogP contribution in [0.4, 0.5) is 5.82 Å². The fourth-order valence-corrected chi connectivity index (χ4v) is 3.97. The summed E-state index contributed by atoms with van der Waals surface area (Å²) in [4.78, 5) is 31.6. The van der Waals surface area contributed by atoms with Gasteiger partial charge in [-0.1, -0.05) is 6.07 Å². The molecule has 1 N–H and O–H groups in total. The van der Waals surface area contributed by atoms with Crippen LogP contribution >= 0.6 is 0 Å². The van der Waals surface area contributed by atoms with Gasteiger partial charge >= 0.3 is 5.63 Å². The third-order valence-electron chi connectivity index (χ3n) is 5.83. The Kier molecular flexibility index (Phi) is 6.21. The molecule has 1 aliphatic rings. The van der Waals surface area contributed by atoms with E-state index < -0.39 is 5.63 Å². The van der Waals surface area contributed by atoms with Crippen LogP contribution in [0.15, 0.2) is 45.7 Å². The number of methoxy groups -OCH3 is 1. The first-order valence-electron chi connectivity index (χ1n) is 10.6. The average Bonchev–Trinajstić information content (AvgIpc) is 3.32. The molecule has 0 saturated carbocycles. The quantitative estimate of drug-likeness (QED) is 0.589. The van der Waals surface area contributed by atoms with Crippen LogP contribution in [0.5, 0.6) is 5.75 Å². The molecule has 0 aliphatic carbocycles. The van der Waals surface area contributed by atoms with Gasteiger partial charge in [0.05, 0.1) is 7.11 Å². The number of nitrogens with one attached hydrogen (secondary N) is 1. The Morgan fingerprint density at radius 1 is 1.23 bits per heavy atom. The second-order valence-corrected chi connectivity index (χ2v) is 7.85. The number of amides is 1. The van der Waals surface area contributed by atoms with Gasteiger partial charge < -0.3 is 19.4 Å². The Hall–Kier alpha value is -3.35. The van der Waals surface area contributed by atoms with Gasteiger partial charge in [-0.15, -0.1) is 0 Å². The van der Waals surface area contributed by atoms with Crippen LogP contribution in [0.2, 0.25) is 0 Å². The zero-order valence-electron chi connectivity index (χ0n) is 17.9. The lowest BCUT2D eigenvalue weighted by atomic mass is 10.0. The van der Waals surface area contributed by atoms with Crippen LogP contribution in [0.1, 0.15) is 36.0 Å². The van der Waals surface area contributed by atoms with E-state index in [1.54, 1.807) is 13.2 Å². The number of carbonyl (C=O) groups is 1. The molecule has 1 saturated heterocycles. The van der Waals surface area contributed by atoms with Gasteiger partial charge in [0.15, 0.2) is 0 Å². The van der Waals surface area contributed by atoms with Gasteiger partial charge in [0, 0.05) is 49.3 Å². The number of pyridine rings is 1. The van der Waals surface area contributed by atoms with E-state index in [2.05, 4.69) is 15.2 Å². The van der Waals surface area contributed by atoms with Crippen molar-refractivity contribution in [1.82, 2.24) is 10.3 Å². The zero-order valence-corrected chi connectivity index (χ0v) is 17.9. The predicted octanol–water partition coefficient (Wildman–Crippen LogP) is 3.35. The summed E-state index contributed by atoms with van der Waals surface area (Å²) in [7, 11) is 1.57. The van der Waals surface area contributed by atoms with Crippen LogP contribution < -0.4 is 20.6 Å². The highest BCUT2D eigenvalue weighted by atomic mass is 16.5. The smallest absolute Gasteiger partial charge is 0.339 e. The number of nitrogens with zero attached hydrogens (tertiary/aromatic N) is 2. The molecular weight excluding hydrogens is 394 g/mol. The Bertz CT molecular complexity index is 1130. The zero-order chi connectivity index (χ0) is 21.8. The van der Waals surface area contributed by atoms with Crippen molar-refractivity contribution in [3.8, 4) is 5.75 Å². The maximum absolute atomic E-state index is 12.4. The molecule has 31 heavy (non-hydrogen) atoms. The Morgan fingerprint density at radius 2 is 2.03 bits per heavy atom. The van der Waals surface area contributed by atoms with Crippen LogP contribution in [0.25, 0.3) is 11.0 Å². The molecule has 3 aromatic rings. The van der Waals surface area contributed by atoms with Crippen molar-refractivity contribution >= 4 is 22.7 Å². The lowest BCUT2D eigenvalue weighted by Gasteiger charge is -2.16. The number of benzene rings is 1. The van der Waals surface area contributed by atoms with Gasteiger partial charge in [-0.25, -0.2) is 9.78 Å². The van der Waals surface area contributed by atoms with Crippen LogP contribution in [0, 0.1) is 6.92 Å². The molecule has 4 rings (SSSR count). The lowest BCUT2D eigenvalue weighted by Crippen LogP contribution is -2.24. The Morgan fingerprint density at radius 3 is 2.74 bits per heavy atom. The summed E-state index contributed by atoms with van der Waals surface area (Å²) in [5, 5.41) is 3.75. The van der Waals surface area contributed by atoms with E-state index in [9.17, 15) is 9.59 Å². The van der Waals surface area contributed by atoms with Crippen molar-refractivity contribution in [2.45, 2.75) is 39.2 Å². The van der Waals surface area contributed by atoms with Crippen LogP contribution in [-0.4, -0.2) is 31.1 Å². The molecule has 7 heteroatoms. The first kappa shape index (κ1) is 20.9. The second kappa shape index (κ2) is 9.20. The van der Waals surface area contributed by atoms with Gasteiger partial charge in [-0.05, 0) is 55.5 Å². The van der Waals surface area contributed by atoms with E-state index in [0.29, 0.717) is 29.9 Å². The van der Waals surface area contributed by atoms with Gasteiger partial charge in [-0.3, -0.25) is 4.79 Å². The van der Waals surface area contributed by atoms with E-state index in [1.165, 1.54) is 12.8 Å². The van der Waals surface area contributed by atoms with E-state index >= 15 is 0 Å². The molecule has 1 aliphatic heterocycles. The number of aromatic nitrogens is 1. The highest BCUT2D eigenvalue weighted by Gasteiger charge is 2.15. The first-order valence-corrected chi connectivity index (χ1v) is 10.6. The topological polar surface area (TPSA) is 84.7 Å². The van der Waals surface area contributed by atoms with Crippen molar-refractivity contribution in [3.05, 3.63) is 63.6 Å². The molecule has 0 atom stereocenters. The summed E-state index contributed by atoms with van der Waals surface area (Å²) in [6, 6.07) is 9.40. The number of fused-ring (bicyclic) bond motifs is 1. The maximum atomic E-state index is 12.4. The summed E-state index contributed by atoms with van der Waals surface area (Å²) in [6.45, 7) is 4.40. The summed E-state index contributed by atoms with van der Waals surface area (Å²) < 4.78 is 10.6. The minimum atomic E-state index is -0.409. The molecule has 0 unspecified atom stereocenters. The molecule has 1 amide bonds. The Labute approximate surface area is 181 Å². The average molecular weight is 421 g/mol. The predicted molar refractivity (Wildman–Crippen MR) is 120 cm³/mol. The molecular formula is C24H27N3O4. The highest BCUT2D eigenvalue weighted by Crippen LogP contribution is 2.24. The van der Waals surface area contributed by atoms with E-state index in [1.807, 2.05) is 37.4 Å². The summed E-state index contributed by atoms with van der Waals surface area (Å²) in [6.07, 6.45) is 4.77. The van der Waals surface area contributed by atoms with Gasteiger partial charge in [0.25, 0.3) is 0 Å². The monoisotopic (exact) mass is 421 g/mol. The van der Waals surface area contributed by atoms with Crippen LogP contribution in [-0.2, 0) is 17.8 Å². The van der Waals surface area contributed by atoms with Crippen LogP contribution in [0.3, 0.4) is 0 Å². The largest absolute Gasteiger partial charge is 0.497 e. The standard InChI is InChI=1S/C24H27N3O4/c1-16-19-7-6-18(30-2)13-21(19)31-24(29)20(16)8-10-23(28)26-15-17-5-9-22(25-14-17)27-11-3-4-12-27/h5-7,9,13-14H,3-4,8,10-12,15H2,1-2H3,(H,26,28). The van der Waals surface area contributed by atoms with Gasteiger partial charge in [0.1, 0.15) is 17.2 Å². The van der Waals surface area contributed by atoms with Gasteiger partial charge in [0.2, 0.25) is 5.91 Å². The second-order valence-electron chi connectivity index (χ2n) is 7.85. The number of carbonyl (C=O) groups excluding carboxylic acids is 1. The molecule has 1 fully saturated rings. The molecule has 3 heterocycles. The lowest BCUT2D eigenvalue weighted by molar-refractivity contribution is -0.121. The number of aryl methyl sites for hydroxylation is 1. The molecule has 2 aromatic heterocycles. The number of rotatable bonds is 7. The summed E-state index contributed by atoms with van der Waals surface area (Å²) >= 11 is 0. The van der Waals surface area contributed by atoms with Crippen molar-refractivity contribution in [1.29, 1.82) is 0 Å². The molecule has 0 spiro atoms. The first-order chi connectivity index (χ1) is 15.0. The van der Waals surface area contributed by atoms with Crippen molar-refractivity contribution in [3.63, 3.8) is 0 Å². The molecule has 7 nitrogen and oxygen atoms in total. The SMILES string of the molecule is COc1ccc2c(C)c(CCC(=O)NCc3ccc(N4CCCC4)nc3)c(=O)oc2c1. The number of hydrogen-bond acceptors (Lipinski definition) is 6. The fourth-order valence-electron chi connectivity index (χ4n) is 3.97. The third-order valence-corrected chi connectivity index (χ3v) is 5.83. The minimum absolute atomic E-state index is 0.114. The third kappa shape index (κ3) is 4.71.